The van der Waals surface area contributed by atoms with Gasteiger partial charge in [-0.05, 0) is 36.8 Å². The van der Waals surface area contributed by atoms with Gasteiger partial charge in [0.1, 0.15) is 13.2 Å². The van der Waals surface area contributed by atoms with Crippen LogP contribution in [0, 0.1) is 6.92 Å². The summed E-state index contributed by atoms with van der Waals surface area (Å²) in [5.41, 5.74) is 1.31. The molecule has 1 heterocycles. The summed E-state index contributed by atoms with van der Waals surface area (Å²) in [4.78, 5) is 0.123. The van der Waals surface area contributed by atoms with Gasteiger partial charge in [-0.2, -0.15) is 0 Å². The first-order chi connectivity index (χ1) is 11.9. The molecule has 0 N–H and O–H groups in total. The third kappa shape index (κ3) is 3.45. The second-order valence-corrected chi connectivity index (χ2v) is 7.86. The Hall–Kier alpha value is -2.18. The highest BCUT2D eigenvalue weighted by molar-refractivity contribution is 7.92. The highest BCUT2D eigenvalue weighted by atomic mass is 35.5. The van der Waals surface area contributed by atoms with Gasteiger partial charge in [-0.3, -0.25) is 4.31 Å². The Morgan fingerprint density at radius 2 is 1.88 bits per heavy atom. The maximum atomic E-state index is 13.2. The number of benzene rings is 2. The van der Waals surface area contributed by atoms with Gasteiger partial charge in [-0.15, -0.1) is 6.58 Å². The lowest BCUT2D eigenvalue weighted by atomic mass is 10.2. The van der Waals surface area contributed by atoms with Crippen molar-refractivity contribution in [2.75, 3.05) is 24.1 Å². The number of hydrogen-bond acceptors (Lipinski definition) is 4. The number of ether oxygens (including phenoxy) is 2. The summed E-state index contributed by atoms with van der Waals surface area (Å²) < 4.78 is 38.7. The van der Waals surface area contributed by atoms with Crippen molar-refractivity contribution in [1.29, 1.82) is 0 Å². The smallest absolute Gasteiger partial charge is 0.264 e. The van der Waals surface area contributed by atoms with Crippen LogP contribution in [0.25, 0.3) is 0 Å². The number of hydrogen-bond donors (Lipinski definition) is 0. The maximum absolute atomic E-state index is 13.2. The SMILES string of the molecule is C=CCN(c1cc(Cl)ccc1C)S(=O)(=O)c1ccc2c(c1)OCCO2. The molecule has 0 aliphatic carbocycles. The molecule has 0 amide bonds. The molecule has 0 saturated heterocycles. The predicted octanol–water partition coefficient (Wildman–Crippen LogP) is 3.80. The summed E-state index contributed by atoms with van der Waals surface area (Å²) in [7, 11) is -3.82. The van der Waals surface area contributed by atoms with Crippen LogP contribution < -0.4 is 13.8 Å². The molecule has 2 aromatic rings. The van der Waals surface area contributed by atoms with Gasteiger partial charge in [0.15, 0.2) is 11.5 Å². The van der Waals surface area contributed by atoms with Gasteiger partial charge in [-0.25, -0.2) is 8.42 Å². The van der Waals surface area contributed by atoms with Crippen LogP contribution in [0.4, 0.5) is 5.69 Å². The van der Waals surface area contributed by atoms with Crippen molar-refractivity contribution in [2.24, 2.45) is 0 Å². The molecule has 0 fully saturated rings. The van der Waals surface area contributed by atoms with Gasteiger partial charge in [-0.1, -0.05) is 23.7 Å². The van der Waals surface area contributed by atoms with E-state index in [1.165, 1.54) is 22.5 Å². The van der Waals surface area contributed by atoms with Crippen molar-refractivity contribution in [2.45, 2.75) is 11.8 Å². The average Bonchev–Trinajstić information content (AvgIpc) is 2.61. The molecule has 0 atom stereocenters. The Balaban J connectivity index is 2.09. The molecule has 5 nitrogen and oxygen atoms in total. The van der Waals surface area contributed by atoms with E-state index < -0.39 is 10.0 Å². The summed E-state index contributed by atoms with van der Waals surface area (Å²) in [6, 6.07) is 9.75. The number of aryl methyl sites for hydroxylation is 1. The van der Waals surface area contributed by atoms with Crippen molar-refractivity contribution in [3.8, 4) is 11.5 Å². The van der Waals surface area contributed by atoms with Gasteiger partial charge in [0, 0.05) is 11.1 Å². The van der Waals surface area contributed by atoms with Crippen LogP contribution in [-0.2, 0) is 10.0 Å². The molecule has 2 aromatic carbocycles. The summed E-state index contributed by atoms with van der Waals surface area (Å²) >= 11 is 6.07. The zero-order valence-electron chi connectivity index (χ0n) is 13.7. The first-order valence-corrected chi connectivity index (χ1v) is 9.55. The predicted molar refractivity (Wildman–Crippen MR) is 98.3 cm³/mol. The van der Waals surface area contributed by atoms with Crippen molar-refractivity contribution in [3.63, 3.8) is 0 Å². The highest BCUT2D eigenvalue weighted by Crippen LogP contribution is 2.35. The molecule has 3 rings (SSSR count). The molecule has 25 heavy (non-hydrogen) atoms. The number of anilines is 1. The third-order valence-corrected chi connectivity index (χ3v) is 5.85. The number of nitrogens with zero attached hydrogens (tertiary/aromatic N) is 1. The van der Waals surface area contributed by atoms with Gasteiger partial charge < -0.3 is 9.47 Å². The molecule has 1 aliphatic heterocycles. The Morgan fingerprint density at radius 1 is 1.16 bits per heavy atom. The minimum absolute atomic E-state index is 0.123. The van der Waals surface area contributed by atoms with Gasteiger partial charge in [0.25, 0.3) is 10.0 Å². The lowest BCUT2D eigenvalue weighted by Gasteiger charge is -2.26. The fourth-order valence-corrected chi connectivity index (χ4v) is 4.28. The van der Waals surface area contributed by atoms with E-state index in [0.29, 0.717) is 35.4 Å². The van der Waals surface area contributed by atoms with E-state index in [0.717, 1.165) is 5.56 Å². The van der Waals surface area contributed by atoms with E-state index >= 15 is 0 Å². The molecule has 7 heteroatoms. The number of sulfonamides is 1. The van der Waals surface area contributed by atoms with Crippen LogP contribution in [0.1, 0.15) is 5.56 Å². The summed E-state index contributed by atoms with van der Waals surface area (Å²) in [5, 5.41) is 0.465. The second kappa shape index (κ2) is 6.98. The normalized spacial score (nSPS) is 13.4. The maximum Gasteiger partial charge on any atom is 0.264 e. The topological polar surface area (TPSA) is 55.8 Å². The van der Waals surface area contributed by atoms with Crippen LogP contribution in [0.3, 0.4) is 0 Å². The zero-order chi connectivity index (χ0) is 18.0. The summed E-state index contributed by atoms with van der Waals surface area (Å²) in [6.45, 7) is 6.47. The minimum Gasteiger partial charge on any atom is -0.486 e. The van der Waals surface area contributed by atoms with Gasteiger partial charge in [0.2, 0.25) is 0 Å². The lowest BCUT2D eigenvalue weighted by Crippen LogP contribution is -2.32. The zero-order valence-corrected chi connectivity index (χ0v) is 15.3. The molecular formula is C18H18ClNO4S. The van der Waals surface area contributed by atoms with Crippen molar-refractivity contribution >= 4 is 27.3 Å². The van der Waals surface area contributed by atoms with Crippen LogP contribution in [0.15, 0.2) is 53.9 Å². The molecule has 0 saturated carbocycles. The first-order valence-electron chi connectivity index (χ1n) is 7.73. The van der Waals surface area contributed by atoms with E-state index in [1.807, 2.05) is 6.92 Å². The lowest BCUT2D eigenvalue weighted by molar-refractivity contribution is 0.171. The Labute approximate surface area is 152 Å². The Kier molecular flexibility index (Phi) is 4.92. The van der Waals surface area contributed by atoms with Crippen LogP contribution in [0.5, 0.6) is 11.5 Å². The van der Waals surface area contributed by atoms with Crippen molar-refractivity contribution in [1.82, 2.24) is 0 Å². The first kappa shape index (κ1) is 17.6. The van der Waals surface area contributed by atoms with E-state index in [1.54, 1.807) is 24.3 Å². The van der Waals surface area contributed by atoms with Gasteiger partial charge in [0.05, 0.1) is 17.1 Å². The monoisotopic (exact) mass is 379 g/mol. The molecule has 1 aliphatic rings. The van der Waals surface area contributed by atoms with Crippen LogP contribution >= 0.6 is 11.6 Å². The number of halogens is 1. The van der Waals surface area contributed by atoms with E-state index in [9.17, 15) is 8.42 Å². The fraction of sp³-hybridized carbons (Fsp3) is 0.222. The molecule has 0 radical (unpaired) electrons. The molecular weight excluding hydrogens is 362 g/mol. The highest BCUT2D eigenvalue weighted by Gasteiger charge is 2.27. The van der Waals surface area contributed by atoms with Crippen molar-refractivity contribution < 1.29 is 17.9 Å². The minimum atomic E-state index is -3.82. The van der Waals surface area contributed by atoms with Crippen molar-refractivity contribution in [3.05, 3.63) is 59.6 Å². The van der Waals surface area contributed by atoms with E-state index in [-0.39, 0.29) is 11.4 Å². The Morgan fingerprint density at radius 3 is 2.60 bits per heavy atom. The summed E-state index contributed by atoms with van der Waals surface area (Å²) in [6.07, 6.45) is 1.54. The molecule has 0 bridgehead atoms. The summed E-state index contributed by atoms with van der Waals surface area (Å²) in [5.74, 6) is 0.966. The van der Waals surface area contributed by atoms with Crippen LogP contribution in [0.2, 0.25) is 5.02 Å². The second-order valence-electron chi connectivity index (χ2n) is 5.56. The fourth-order valence-electron chi connectivity index (χ4n) is 2.61. The number of fused-ring (bicyclic) bond motifs is 1. The molecule has 0 unspecified atom stereocenters. The standard InChI is InChI=1S/C18H18ClNO4S/c1-3-8-20(16-11-14(19)5-4-13(16)2)25(21,22)15-6-7-17-18(12-15)24-10-9-23-17/h3-7,11-12H,1,8-10H2,2H3. The van der Waals surface area contributed by atoms with E-state index in [4.69, 9.17) is 21.1 Å². The largest absolute Gasteiger partial charge is 0.486 e. The molecule has 0 aromatic heterocycles. The number of rotatable bonds is 5. The Bertz CT molecular complexity index is 911. The van der Waals surface area contributed by atoms with Crippen LogP contribution in [-0.4, -0.2) is 28.2 Å². The van der Waals surface area contributed by atoms with Gasteiger partial charge >= 0.3 is 0 Å². The molecule has 0 spiro atoms. The van der Waals surface area contributed by atoms with E-state index in [2.05, 4.69) is 6.58 Å². The quantitative estimate of drug-likeness (QED) is 0.741. The third-order valence-electron chi connectivity index (χ3n) is 3.84. The average molecular weight is 380 g/mol. The molecule has 132 valence electrons.